The Morgan fingerprint density at radius 1 is 1.39 bits per heavy atom. The number of benzene rings is 1. The van der Waals surface area contributed by atoms with E-state index in [1.54, 1.807) is 6.92 Å². The maximum atomic E-state index is 13.0. The van der Waals surface area contributed by atoms with Crippen LogP contribution in [0.1, 0.15) is 30.9 Å². The molecule has 2 nitrogen and oxygen atoms in total. The van der Waals surface area contributed by atoms with Crippen molar-refractivity contribution in [1.82, 2.24) is 0 Å². The number of hydrogen-bond donors (Lipinski definition) is 2. The van der Waals surface area contributed by atoms with Crippen LogP contribution in [0.4, 0.5) is 13.2 Å². The van der Waals surface area contributed by atoms with Crippen LogP contribution in [0, 0.1) is 0 Å². The molecule has 2 rings (SSSR count). The molecule has 0 bridgehead atoms. The van der Waals surface area contributed by atoms with Gasteiger partial charge in [0.2, 0.25) is 0 Å². The Kier molecular flexibility index (Phi) is 3.02. The molecule has 1 saturated carbocycles. The molecule has 1 unspecified atom stereocenters. The second-order valence-electron chi connectivity index (χ2n) is 4.79. The lowest BCUT2D eigenvalue weighted by Crippen LogP contribution is -2.33. The van der Waals surface area contributed by atoms with E-state index in [-0.39, 0.29) is 16.6 Å². The third-order valence-corrected chi connectivity index (χ3v) is 3.89. The van der Waals surface area contributed by atoms with Crippen LogP contribution in [0.3, 0.4) is 0 Å². The summed E-state index contributed by atoms with van der Waals surface area (Å²) in [5.74, 6) is -0.562. The van der Waals surface area contributed by atoms with E-state index in [2.05, 4.69) is 0 Å². The SMILES string of the molecule is CC(N)C1(c2cc(Cl)c(O)cc2C(F)(F)F)CC1. The third-order valence-electron chi connectivity index (χ3n) is 3.59. The lowest BCUT2D eigenvalue weighted by molar-refractivity contribution is -0.138. The van der Waals surface area contributed by atoms with Crippen LogP contribution in [-0.2, 0) is 11.6 Å². The average molecular weight is 280 g/mol. The first-order valence-corrected chi connectivity index (χ1v) is 5.92. The van der Waals surface area contributed by atoms with E-state index in [1.807, 2.05) is 0 Å². The predicted octanol–water partition coefficient (Wildman–Crippen LogP) is 3.44. The first-order chi connectivity index (χ1) is 8.18. The number of phenolic OH excluding ortho intramolecular Hbond substituents is 1. The van der Waals surface area contributed by atoms with Gasteiger partial charge in [0.15, 0.2) is 0 Å². The minimum atomic E-state index is -4.53. The molecule has 1 aliphatic carbocycles. The summed E-state index contributed by atoms with van der Waals surface area (Å²) >= 11 is 5.72. The molecule has 0 amide bonds. The number of nitrogens with two attached hydrogens (primary N) is 1. The molecule has 0 spiro atoms. The summed E-state index contributed by atoms with van der Waals surface area (Å²) in [6.07, 6.45) is -3.31. The molecule has 1 aromatic rings. The predicted molar refractivity (Wildman–Crippen MR) is 62.7 cm³/mol. The van der Waals surface area contributed by atoms with Gasteiger partial charge in [-0.2, -0.15) is 13.2 Å². The van der Waals surface area contributed by atoms with Gasteiger partial charge in [-0.1, -0.05) is 11.6 Å². The first kappa shape index (κ1) is 13.5. The zero-order chi connectivity index (χ0) is 13.7. The van der Waals surface area contributed by atoms with E-state index in [0.29, 0.717) is 18.9 Å². The molecule has 0 radical (unpaired) electrons. The van der Waals surface area contributed by atoms with E-state index in [9.17, 15) is 18.3 Å². The molecule has 0 aliphatic heterocycles. The molecule has 0 aromatic heterocycles. The Morgan fingerprint density at radius 3 is 2.33 bits per heavy atom. The van der Waals surface area contributed by atoms with Crippen molar-refractivity contribution in [3.05, 3.63) is 28.3 Å². The molecule has 0 heterocycles. The van der Waals surface area contributed by atoms with Crippen LogP contribution in [0.2, 0.25) is 5.02 Å². The van der Waals surface area contributed by atoms with Gasteiger partial charge in [0.05, 0.1) is 10.6 Å². The molecule has 1 atom stereocenters. The highest BCUT2D eigenvalue weighted by atomic mass is 35.5. The van der Waals surface area contributed by atoms with Crippen LogP contribution in [0.25, 0.3) is 0 Å². The van der Waals surface area contributed by atoms with Gasteiger partial charge in [-0.05, 0) is 37.5 Å². The maximum Gasteiger partial charge on any atom is 0.416 e. The van der Waals surface area contributed by atoms with Crippen molar-refractivity contribution in [1.29, 1.82) is 0 Å². The summed E-state index contributed by atoms with van der Waals surface area (Å²) in [5.41, 5.74) is 4.37. The number of phenols is 1. The van der Waals surface area contributed by atoms with E-state index >= 15 is 0 Å². The normalized spacial score (nSPS) is 19.7. The summed E-state index contributed by atoms with van der Waals surface area (Å²) < 4.78 is 39.0. The lowest BCUT2D eigenvalue weighted by atomic mass is 9.85. The molecular formula is C12H13ClF3NO. The minimum Gasteiger partial charge on any atom is -0.506 e. The quantitative estimate of drug-likeness (QED) is 0.871. The minimum absolute atomic E-state index is 0.0788. The average Bonchev–Trinajstić information content (AvgIpc) is 3.00. The van der Waals surface area contributed by atoms with E-state index in [4.69, 9.17) is 17.3 Å². The number of rotatable bonds is 2. The lowest BCUT2D eigenvalue weighted by Gasteiger charge is -2.25. The van der Waals surface area contributed by atoms with Gasteiger partial charge in [0.25, 0.3) is 0 Å². The summed E-state index contributed by atoms with van der Waals surface area (Å²) in [4.78, 5) is 0. The number of alkyl halides is 3. The number of hydrogen-bond acceptors (Lipinski definition) is 2. The highest BCUT2D eigenvalue weighted by molar-refractivity contribution is 6.32. The molecule has 3 N–H and O–H groups in total. The maximum absolute atomic E-state index is 13.0. The number of aromatic hydroxyl groups is 1. The van der Waals surface area contributed by atoms with Crippen molar-refractivity contribution in [3.63, 3.8) is 0 Å². The van der Waals surface area contributed by atoms with Crippen molar-refractivity contribution >= 4 is 11.6 Å². The molecule has 6 heteroatoms. The summed E-state index contributed by atoms with van der Waals surface area (Å²) in [5, 5.41) is 9.27. The van der Waals surface area contributed by atoms with Gasteiger partial charge in [-0.3, -0.25) is 0 Å². The highest BCUT2D eigenvalue weighted by Crippen LogP contribution is 2.54. The topological polar surface area (TPSA) is 46.2 Å². The summed E-state index contributed by atoms with van der Waals surface area (Å²) in [6.45, 7) is 1.69. The van der Waals surface area contributed by atoms with Crippen LogP contribution in [-0.4, -0.2) is 11.1 Å². The van der Waals surface area contributed by atoms with Crippen LogP contribution in [0.5, 0.6) is 5.75 Å². The summed E-state index contributed by atoms with van der Waals surface area (Å²) in [6, 6.07) is 1.48. The van der Waals surface area contributed by atoms with Crippen molar-refractivity contribution in [2.45, 2.75) is 37.4 Å². The highest BCUT2D eigenvalue weighted by Gasteiger charge is 2.52. The standard InChI is InChI=1S/C12H13ClF3NO/c1-6(17)11(2-3-11)7-4-9(13)10(18)5-8(7)12(14,15)16/h4-6,18H,2-3,17H2,1H3. The van der Waals surface area contributed by atoms with Gasteiger partial charge in [0, 0.05) is 11.5 Å². The fraction of sp³-hybridized carbons (Fsp3) is 0.500. The second-order valence-corrected chi connectivity index (χ2v) is 5.20. The third kappa shape index (κ3) is 2.06. The van der Waals surface area contributed by atoms with Gasteiger partial charge < -0.3 is 10.8 Å². The largest absolute Gasteiger partial charge is 0.506 e. The van der Waals surface area contributed by atoms with Crippen molar-refractivity contribution in [3.8, 4) is 5.75 Å². The Hall–Kier alpha value is -0.940. The van der Waals surface area contributed by atoms with Crippen molar-refractivity contribution < 1.29 is 18.3 Å². The van der Waals surface area contributed by atoms with Gasteiger partial charge in [0.1, 0.15) is 5.75 Å². The number of halogens is 4. The molecule has 1 aromatic carbocycles. The van der Waals surface area contributed by atoms with Crippen molar-refractivity contribution in [2.75, 3.05) is 0 Å². The molecule has 100 valence electrons. The Balaban J connectivity index is 2.63. The van der Waals surface area contributed by atoms with Crippen LogP contribution in [0.15, 0.2) is 12.1 Å². The smallest absolute Gasteiger partial charge is 0.416 e. The first-order valence-electron chi connectivity index (χ1n) is 5.54. The van der Waals surface area contributed by atoms with Crippen molar-refractivity contribution in [2.24, 2.45) is 5.73 Å². The molecule has 0 saturated heterocycles. The van der Waals surface area contributed by atoms with Crippen LogP contribution < -0.4 is 5.73 Å². The van der Waals surface area contributed by atoms with E-state index < -0.39 is 22.9 Å². The summed E-state index contributed by atoms with van der Waals surface area (Å²) in [7, 11) is 0. The zero-order valence-electron chi connectivity index (χ0n) is 9.68. The fourth-order valence-electron chi connectivity index (χ4n) is 2.31. The monoisotopic (exact) mass is 279 g/mol. The molecule has 18 heavy (non-hydrogen) atoms. The fourth-order valence-corrected chi connectivity index (χ4v) is 2.48. The van der Waals surface area contributed by atoms with E-state index in [1.165, 1.54) is 6.07 Å². The molecular weight excluding hydrogens is 267 g/mol. The molecule has 1 aliphatic rings. The van der Waals surface area contributed by atoms with Gasteiger partial charge in [-0.25, -0.2) is 0 Å². The van der Waals surface area contributed by atoms with Gasteiger partial charge in [-0.15, -0.1) is 0 Å². The van der Waals surface area contributed by atoms with Gasteiger partial charge >= 0.3 is 6.18 Å². The molecule has 1 fully saturated rings. The zero-order valence-corrected chi connectivity index (χ0v) is 10.4. The Labute approximate surface area is 108 Å². The Bertz CT molecular complexity index is 481. The van der Waals surface area contributed by atoms with Crippen LogP contribution >= 0.6 is 11.6 Å². The second kappa shape index (κ2) is 4.03. The van der Waals surface area contributed by atoms with E-state index in [0.717, 1.165) is 0 Å². The Morgan fingerprint density at radius 2 is 1.94 bits per heavy atom.